The van der Waals surface area contributed by atoms with Crippen molar-refractivity contribution in [2.45, 2.75) is 18.7 Å². The summed E-state index contributed by atoms with van der Waals surface area (Å²) in [5.74, 6) is -2.08. The van der Waals surface area contributed by atoms with Crippen molar-refractivity contribution in [2.24, 2.45) is 0 Å². The molecule has 1 rings (SSSR count). The monoisotopic (exact) mass is 264 g/mol. The van der Waals surface area contributed by atoms with E-state index >= 15 is 0 Å². The van der Waals surface area contributed by atoms with Crippen molar-refractivity contribution in [3.05, 3.63) is 29.3 Å². The summed E-state index contributed by atoms with van der Waals surface area (Å²) in [5, 5.41) is 18.9. The van der Waals surface area contributed by atoms with Gasteiger partial charge in [0.05, 0.1) is 7.11 Å². The summed E-state index contributed by atoms with van der Waals surface area (Å²) in [7, 11) is 0.742. The van der Waals surface area contributed by atoms with Crippen LogP contribution in [0.15, 0.2) is 18.2 Å². The summed E-state index contributed by atoms with van der Waals surface area (Å²) < 4.78 is 42.5. The average Bonchev–Trinajstić information content (AvgIpc) is 2.29. The molecule has 1 aromatic rings. The van der Waals surface area contributed by atoms with Gasteiger partial charge in [0, 0.05) is 5.56 Å². The second-order valence-corrected chi connectivity index (χ2v) is 3.70. The number of esters is 1. The molecule has 4 nitrogen and oxygen atoms in total. The third-order valence-corrected chi connectivity index (χ3v) is 2.51. The van der Waals surface area contributed by atoms with Crippen molar-refractivity contribution >= 4 is 5.97 Å². The summed E-state index contributed by atoms with van der Waals surface area (Å²) >= 11 is 0. The summed E-state index contributed by atoms with van der Waals surface area (Å²) in [6.07, 6.45) is -5.23. The number of aliphatic hydroxyl groups is 1. The third-order valence-electron chi connectivity index (χ3n) is 2.51. The Morgan fingerprint density at radius 1 is 1.33 bits per heavy atom. The SMILES string of the molecule is COC(=O)[C@@](O)(c1ccc(O)c(C)c1)C(F)(F)F. The molecule has 0 amide bonds. The number of benzene rings is 1. The van der Waals surface area contributed by atoms with Gasteiger partial charge in [0.2, 0.25) is 0 Å². The molecule has 0 bridgehead atoms. The standard InChI is InChI=1S/C11H11F3O4/c1-6-5-7(3-4-8(6)15)10(17,9(16)18-2)11(12,13)14/h3-5,15,17H,1-2H3/t10-/m0/s1. The van der Waals surface area contributed by atoms with E-state index in [4.69, 9.17) is 0 Å². The first-order chi connectivity index (χ1) is 8.14. The molecule has 100 valence electrons. The summed E-state index contributed by atoms with van der Waals surface area (Å²) in [4.78, 5) is 11.2. The molecule has 0 fully saturated rings. The maximum Gasteiger partial charge on any atom is 0.432 e. The van der Waals surface area contributed by atoms with Gasteiger partial charge >= 0.3 is 12.1 Å². The second kappa shape index (κ2) is 4.49. The van der Waals surface area contributed by atoms with E-state index in [9.17, 15) is 28.2 Å². The lowest BCUT2D eigenvalue weighted by molar-refractivity contribution is -0.266. The number of ether oxygens (including phenoxy) is 1. The number of carbonyl (C=O) groups is 1. The zero-order valence-corrected chi connectivity index (χ0v) is 9.58. The lowest BCUT2D eigenvalue weighted by atomic mass is 9.91. The van der Waals surface area contributed by atoms with Crippen LogP contribution in [0.3, 0.4) is 0 Å². The zero-order chi connectivity index (χ0) is 14.1. The molecule has 1 atom stereocenters. The van der Waals surface area contributed by atoms with Gasteiger partial charge in [0.1, 0.15) is 5.75 Å². The molecule has 0 aliphatic heterocycles. The highest BCUT2D eigenvalue weighted by Crippen LogP contribution is 2.40. The zero-order valence-electron chi connectivity index (χ0n) is 9.58. The van der Waals surface area contributed by atoms with E-state index in [0.29, 0.717) is 0 Å². The van der Waals surface area contributed by atoms with Gasteiger partial charge in [-0.3, -0.25) is 0 Å². The van der Waals surface area contributed by atoms with E-state index in [2.05, 4.69) is 4.74 Å². The molecule has 0 aliphatic rings. The number of aryl methyl sites for hydroxylation is 1. The third kappa shape index (κ3) is 2.13. The van der Waals surface area contributed by atoms with Crippen LogP contribution in [0.25, 0.3) is 0 Å². The van der Waals surface area contributed by atoms with E-state index in [1.54, 1.807) is 0 Å². The van der Waals surface area contributed by atoms with E-state index in [1.165, 1.54) is 6.92 Å². The maximum atomic E-state index is 12.8. The summed E-state index contributed by atoms with van der Waals surface area (Å²) in [6, 6.07) is 2.65. The topological polar surface area (TPSA) is 66.8 Å². The van der Waals surface area contributed by atoms with Crippen LogP contribution in [0.4, 0.5) is 13.2 Å². The minimum Gasteiger partial charge on any atom is -0.508 e. The summed E-state index contributed by atoms with van der Waals surface area (Å²) in [6.45, 7) is 1.34. The predicted octanol–water partition coefficient (Wildman–Crippen LogP) is 1.62. The maximum absolute atomic E-state index is 12.8. The molecule has 2 N–H and O–H groups in total. The van der Waals surface area contributed by atoms with Crippen LogP contribution >= 0.6 is 0 Å². The molecular weight excluding hydrogens is 253 g/mol. The van der Waals surface area contributed by atoms with Crippen molar-refractivity contribution < 1.29 is 32.9 Å². The summed E-state index contributed by atoms with van der Waals surface area (Å²) in [5.41, 5.74) is -4.36. The number of alkyl halides is 3. The van der Waals surface area contributed by atoms with Crippen LogP contribution in [0, 0.1) is 6.92 Å². The Balaban J connectivity index is 3.45. The van der Waals surface area contributed by atoms with Crippen molar-refractivity contribution in [3.63, 3.8) is 0 Å². The van der Waals surface area contributed by atoms with Gasteiger partial charge in [0.25, 0.3) is 5.60 Å². The first-order valence-corrected chi connectivity index (χ1v) is 4.82. The highest BCUT2D eigenvalue weighted by Gasteiger charge is 2.62. The fraction of sp³-hybridized carbons (Fsp3) is 0.364. The van der Waals surface area contributed by atoms with Crippen LogP contribution < -0.4 is 0 Å². The largest absolute Gasteiger partial charge is 0.508 e. The van der Waals surface area contributed by atoms with Crippen molar-refractivity contribution in [2.75, 3.05) is 7.11 Å². The van der Waals surface area contributed by atoms with Gasteiger partial charge in [-0.05, 0) is 24.6 Å². The Morgan fingerprint density at radius 2 is 1.89 bits per heavy atom. The normalized spacial score (nSPS) is 15.0. The van der Waals surface area contributed by atoms with Crippen LogP contribution in [0.5, 0.6) is 5.75 Å². The van der Waals surface area contributed by atoms with Crippen molar-refractivity contribution in [1.29, 1.82) is 0 Å². The molecule has 0 aliphatic carbocycles. The highest BCUT2D eigenvalue weighted by molar-refractivity contribution is 5.82. The Kier molecular flexibility index (Phi) is 3.57. The van der Waals surface area contributed by atoms with E-state index in [1.807, 2.05) is 0 Å². The average molecular weight is 264 g/mol. The Bertz CT molecular complexity index is 470. The number of carbonyl (C=O) groups excluding carboxylic acids is 1. The lowest BCUT2D eigenvalue weighted by Gasteiger charge is -2.28. The van der Waals surface area contributed by atoms with Gasteiger partial charge in [-0.25, -0.2) is 4.79 Å². The molecule has 0 saturated carbocycles. The number of aromatic hydroxyl groups is 1. The van der Waals surface area contributed by atoms with Gasteiger partial charge in [-0.15, -0.1) is 0 Å². The number of phenolic OH excluding ortho intramolecular Hbond substituents is 1. The van der Waals surface area contributed by atoms with Gasteiger partial charge < -0.3 is 14.9 Å². The first-order valence-electron chi connectivity index (χ1n) is 4.82. The van der Waals surface area contributed by atoms with E-state index < -0.39 is 23.3 Å². The number of halogens is 3. The molecule has 0 saturated heterocycles. The number of methoxy groups -OCH3 is 1. The van der Waals surface area contributed by atoms with Gasteiger partial charge in [-0.1, -0.05) is 6.07 Å². The molecule has 0 unspecified atom stereocenters. The molecular formula is C11H11F3O4. The van der Waals surface area contributed by atoms with Crippen molar-refractivity contribution in [3.8, 4) is 5.75 Å². The molecule has 1 aromatic carbocycles. The van der Waals surface area contributed by atoms with Gasteiger partial charge in [-0.2, -0.15) is 13.2 Å². The molecule has 0 radical (unpaired) electrons. The number of hydrogen-bond acceptors (Lipinski definition) is 4. The molecule has 0 heterocycles. The predicted molar refractivity (Wildman–Crippen MR) is 54.8 cm³/mol. The van der Waals surface area contributed by atoms with Crippen molar-refractivity contribution in [1.82, 2.24) is 0 Å². The van der Waals surface area contributed by atoms with Gasteiger partial charge in [0.15, 0.2) is 0 Å². The first kappa shape index (κ1) is 14.3. The molecule has 0 aromatic heterocycles. The molecule has 0 spiro atoms. The minimum atomic E-state index is -5.23. The second-order valence-electron chi connectivity index (χ2n) is 3.70. The number of phenols is 1. The fourth-order valence-corrected chi connectivity index (χ4v) is 1.43. The quantitative estimate of drug-likeness (QED) is 0.797. The highest BCUT2D eigenvalue weighted by atomic mass is 19.4. The lowest BCUT2D eigenvalue weighted by Crippen LogP contribution is -2.49. The van der Waals surface area contributed by atoms with E-state index in [0.717, 1.165) is 25.3 Å². The van der Waals surface area contributed by atoms with Crippen LogP contribution in [-0.2, 0) is 15.1 Å². The Labute approximate surface area is 101 Å². The number of rotatable bonds is 2. The molecule has 7 heteroatoms. The molecule has 18 heavy (non-hydrogen) atoms. The number of hydrogen-bond donors (Lipinski definition) is 2. The Hall–Kier alpha value is -1.76. The van der Waals surface area contributed by atoms with Crippen LogP contribution in [0.1, 0.15) is 11.1 Å². The minimum absolute atomic E-state index is 0.0964. The van der Waals surface area contributed by atoms with E-state index in [-0.39, 0.29) is 11.3 Å². The Morgan fingerprint density at radius 3 is 2.28 bits per heavy atom. The van der Waals surface area contributed by atoms with Crippen LogP contribution in [0.2, 0.25) is 0 Å². The fourth-order valence-electron chi connectivity index (χ4n) is 1.43. The van der Waals surface area contributed by atoms with Crippen LogP contribution in [-0.4, -0.2) is 29.5 Å². The smallest absolute Gasteiger partial charge is 0.432 e.